The molecule has 0 amide bonds. The van der Waals surface area contributed by atoms with Crippen molar-refractivity contribution in [3.8, 4) is 0 Å². The van der Waals surface area contributed by atoms with Gasteiger partial charge in [-0.1, -0.05) is 39.5 Å². The molecule has 0 heterocycles. The highest BCUT2D eigenvalue weighted by Gasteiger charge is 2.34. The average molecular weight is 269 g/mol. The Morgan fingerprint density at radius 1 is 1.17 bits per heavy atom. The number of thioether (sulfide) groups is 1. The first-order valence-corrected chi connectivity index (χ1v) is 9.16. The van der Waals surface area contributed by atoms with Crippen LogP contribution in [0.5, 0.6) is 0 Å². The van der Waals surface area contributed by atoms with Gasteiger partial charge in [-0.2, -0.15) is 11.8 Å². The fourth-order valence-corrected chi connectivity index (χ4v) is 4.75. The fourth-order valence-electron chi connectivity index (χ4n) is 3.82. The normalized spacial score (nSPS) is 32.0. The number of hydrogen-bond donors (Lipinski definition) is 1. The second-order valence-electron chi connectivity index (χ2n) is 6.84. The van der Waals surface area contributed by atoms with Crippen molar-refractivity contribution in [2.24, 2.45) is 11.8 Å². The Morgan fingerprint density at radius 2 is 1.89 bits per heavy atom. The van der Waals surface area contributed by atoms with Gasteiger partial charge in [0.15, 0.2) is 0 Å². The summed E-state index contributed by atoms with van der Waals surface area (Å²) < 4.78 is 0.574. The molecule has 0 aromatic rings. The van der Waals surface area contributed by atoms with Crippen LogP contribution in [0.25, 0.3) is 0 Å². The van der Waals surface area contributed by atoms with Crippen LogP contribution >= 0.6 is 11.8 Å². The van der Waals surface area contributed by atoms with Crippen molar-refractivity contribution >= 4 is 11.8 Å². The Balaban J connectivity index is 1.78. The van der Waals surface area contributed by atoms with Crippen LogP contribution in [0.2, 0.25) is 0 Å². The summed E-state index contributed by atoms with van der Waals surface area (Å²) in [4.78, 5) is 0. The van der Waals surface area contributed by atoms with Gasteiger partial charge in [0.25, 0.3) is 0 Å². The number of hydrogen-bond acceptors (Lipinski definition) is 2. The lowest BCUT2D eigenvalue weighted by Gasteiger charge is -2.35. The minimum atomic E-state index is 0.574. The molecule has 18 heavy (non-hydrogen) atoms. The SMILES string of the molecule is CSC1(CNC2CCCC(C(C)C)C2)CCCC1. The van der Waals surface area contributed by atoms with Crippen molar-refractivity contribution in [3.05, 3.63) is 0 Å². The summed E-state index contributed by atoms with van der Waals surface area (Å²) >= 11 is 2.11. The largest absolute Gasteiger partial charge is 0.313 e. The Bertz CT molecular complexity index is 245. The molecule has 2 heteroatoms. The Labute approximate surface area is 118 Å². The zero-order valence-electron chi connectivity index (χ0n) is 12.5. The van der Waals surface area contributed by atoms with Crippen LogP contribution in [-0.4, -0.2) is 23.6 Å². The summed E-state index contributed by atoms with van der Waals surface area (Å²) in [6, 6.07) is 0.802. The van der Waals surface area contributed by atoms with E-state index >= 15 is 0 Å². The molecule has 2 rings (SSSR count). The lowest BCUT2D eigenvalue weighted by atomic mass is 9.79. The summed E-state index contributed by atoms with van der Waals surface area (Å²) in [5.74, 6) is 1.83. The van der Waals surface area contributed by atoms with E-state index < -0.39 is 0 Å². The molecule has 2 fully saturated rings. The minimum absolute atomic E-state index is 0.574. The molecular weight excluding hydrogens is 238 g/mol. The maximum atomic E-state index is 3.92. The van der Waals surface area contributed by atoms with E-state index in [1.807, 2.05) is 0 Å². The van der Waals surface area contributed by atoms with Crippen molar-refractivity contribution in [2.75, 3.05) is 12.8 Å². The van der Waals surface area contributed by atoms with Gasteiger partial charge in [0.2, 0.25) is 0 Å². The van der Waals surface area contributed by atoms with E-state index in [4.69, 9.17) is 0 Å². The lowest BCUT2D eigenvalue weighted by Crippen LogP contribution is -2.43. The van der Waals surface area contributed by atoms with Crippen LogP contribution in [0.3, 0.4) is 0 Å². The Kier molecular flexibility index (Phi) is 5.44. The number of nitrogens with one attached hydrogen (secondary N) is 1. The molecule has 1 nitrogen and oxygen atoms in total. The molecule has 0 aliphatic heterocycles. The van der Waals surface area contributed by atoms with Crippen molar-refractivity contribution in [1.29, 1.82) is 0 Å². The summed E-state index contributed by atoms with van der Waals surface area (Å²) in [6.07, 6.45) is 13.8. The summed E-state index contributed by atoms with van der Waals surface area (Å²) in [6.45, 7) is 6.05. The van der Waals surface area contributed by atoms with Crippen LogP contribution in [0.4, 0.5) is 0 Å². The van der Waals surface area contributed by atoms with Gasteiger partial charge in [-0.3, -0.25) is 0 Å². The third-order valence-electron chi connectivity index (χ3n) is 5.32. The van der Waals surface area contributed by atoms with E-state index in [9.17, 15) is 0 Å². The average Bonchev–Trinajstić information content (AvgIpc) is 2.86. The highest BCUT2D eigenvalue weighted by atomic mass is 32.2. The van der Waals surface area contributed by atoms with Crippen molar-refractivity contribution < 1.29 is 0 Å². The van der Waals surface area contributed by atoms with E-state index in [2.05, 4.69) is 37.2 Å². The van der Waals surface area contributed by atoms with Crippen LogP contribution < -0.4 is 5.32 Å². The van der Waals surface area contributed by atoms with Crippen LogP contribution in [0.15, 0.2) is 0 Å². The predicted octanol–water partition coefficient (Wildman–Crippen LogP) is 4.47. The smallest absolute Gasteiger partial charge is 0.0281 e. The van der Waals surface area contributed by atoms with Gasteiger partial charge in [-0.15, -0.1) is 0 Å². The summed E-state index contributed by atoms with van der Waals surface area (Å²) in [5.41, 5.74) is 0. The van der Waals surface area contributed by atoms with Gasteiger partial charge < -0.3 is 5.32 Å². The Hall–Kier alpha value is 0.310. The molecule has 0 saturated heterocycles. The van der Waals surface area contributed by atoms with E-state index in [-0.39, 0.29) is 0 Å². The fraction of sp³-hybridized carbons (Fsp3) is 1.00. The minimum Gasteiger partial charge on any atom is -0.313 e. The van der Waals surface area contributed by atoms with E-state index in [1.165, 1.54) is 57.9 Å². The molecule has 1 N–H and O–H groups in total. The zero-order chi connectivity index (χ0) is 13.0. The lowest BCUT2D eigenvalue weighted by molar-refractivity contribution is 0.228. The zero-order valence-corrected chi connectivity index (χ0v) is 13.3. The van der Waals surface area contributed by atoms with Gasteiger partial charge in [0.1, 0.15) is 0 Å². The maximum absolute atomic E-state index is 3.92. The number of rotatable bonds is 5. The second kappa shape index (κ2) is 6.65. The third-order valence-corrected chi connectivity index (χ3v) is 6.74. The highest BCUT2D eigenvalue weighted by Crippen LogP contribution is 2.40. The molecule has 0 bridgehead atoms. The molecule has 2 saturated carbocycles. The maximum Gasteiger partial charge on any atom is 0.0281 e. The van der Waals surface area contributed by atoms with Crippen LogP contribution in [0.1, 0.15) is 65.2 Å². The van der Waals surface area contributed by atoms with Gasteiger partial charge in [-0.05, 0) is 43.8 Å². The topological polar surface area (TPSA) is 12.0 Å². The van der Waals surface area contributed by atoms with E-state index in [1.54, 1.807) is 0 Å². The first kappa shape index (κ1) is 14.7. The van der Waals surface area contributed by atoms with Crippen molar-refractivity contribution in [1.82, 2.24) is 5.32 Å². The van der Waals surface area contributed by atoms with E-state index in [0.717, 1.165) is 17.9 Å². The molecule has 2 aliphatic carbocycles. The monoisotopic (exact) mass is 269 g/mol. The molecule has 0 radical (unpaired) electrons. The standard InChI is InChI=1S/C16H31NS/c1-13(2)14-7-6-8-15(11-14)17-12-16(18-3)9-4-5-10-16/h13-15,17H,4-12H2,1-3H3. The van der Waals surface area contributed by atoms with Crippen LogP contribution in [0, 0.1) is 11.8 Å². The van der Waals surface area contributed by atoms with Crippen LogP contribution in [-0.2, 0) is 0 Å². The van der Waals surface area contributed by atoms with Gasteiger partial charge in [0.05, 0.1) is 0 Å². The third kappa shape index (κ3) is 3.66. The second-order valence-corrected chi connectivity index (χ2v) is 8.12. The molecule has 0 aromatic heterocycles. The summed E-state index contributed by atoms with van der Waals surface area (Å²) in [5, 5.41) is 3.92. The first-order chi connectivity index (χ1) is 8.65. The Morgan fingerprint density at radius 3 is 2.50 bits per heavy atom. The molecule has 0 aromatic carbocycles. The highest BCUT2D eigenvalue weighted by molar-refractivity contribution is 8.00. The molecular formula is C16H31NS. The van der Waals surface area contributed by atoms with E-state index in [0.29, 0.717) is 4.75 Å². The van der Waals surface area contributed by atoms with Gasteiger partial charge >= 0.3 is 0 Å². The molecule has 2 aliphatic rings. The summed E-state index contributed by atoms with van der Waals surface area (Å²) in [7, 11) is 0. The molecule has 2 unspecified atom stereocenters. The molecule has 106 valence electrons. The van der Waals surface area contributed by atoms with Gasteiger partial charge in [0, 0.05) is 17.3 Å². The van der Waals surface area contributed by atoms with Crippen molar-refractivity contribution in [2.45, 2.75) is 76.0 Å². The van der Waals surface area contributed by atoms with Crippen molar-refractivity contribution in [3.63, 3.8) is 0 Å². The molecule has 2 atom stereocenters. The molecule has 0 spiro atoms. The predicted molar refractivity (Wildman–Crippen MR) is 83.3 cm³/mol. The quantitative estimate of drug-likeness (QED) is 0.790. The first-order valence-electron chi connectivity index (χ1n) is 7.94. The van der Waals surface area contributed by atoms with Gasteiger partial charge in [-0.25, -0.2) is 0 Å².